The van der Waals surface area contributed by atoms with Gasteiger partial charge in [0.25, 0.3) is 0 Å². The molecule has 0 saturated heterocycles. The van der Waals surface area contributed by atoms with Gasteiger partial charge in [-0.25, -0.2) is 8.78 Å². The van der Waals surface area contributed by atoms with Gasteiger partial charge in [-0.05, 0) is 24.3 Å². The first-order chi connectivity index (χ1) is 8.01. The minimum atomic E-state index is -1.44. The minimum absolute atomic E-state index is 0.124. The van der Waals surface area contributed by atoms with Crippen LogP contribution in [-0.4, -0.2) is 22.1 Å². The maximum atomic E-state index is 13.0. The summed E-state index contributed by atoms with van der Waals surface area (Å²) in [6.07, 6.45) is -2.44. The third-order valence-electron chi connectivity index (χ3n) is 2.32. The molecule has 0 aliphatic rings. The number of aliphatic hydroxyl groups is 2. The molecule has 0 saturated carbocycles. The summed E-state index contributed by atoms with van der Waals surface area (Å²) in [6, 6.07) is 3.06. The van der Waals surface area contributed by atoms with E-state index in [9.17, 15) is 19.0 Å². The van der Waals surface area contributed by atoms with Crippen molar-refractivity contribution >= 4 is 12.6 Å². The zero-order chi connectivity index (χ0) is 13.0. The first kappa shape index (κ1) is 13.9. The fraction of sp³-hybridized carbons (Fsp3) is 0.364. The lowest BCUT2D eigenvalue weighted by Gasteiger charge is -2.18. The van der Waals surface area contributed by atoms with Gasteiger partial charge in [0.2, 0.25) is 0 Å². The average Bonchev–Trinajstić information content (AvgIpc) is 2.31. The van der Waals surface area contributed by atoms with Crippen LogP contribution in [0.15, 0.2) is 12.1 Å². The van der Waals surface area contributed by atoms with Crippen LogP contribution in [0.3, 0.4) is 0 Å². The normalized spacial score (nSPS) is 14.1. The van der Waals surface area contributed by atoms with E-state index in [1.807, 2.05) is 0 Å². The van der Waals surface area contributed by atoms with E-state index in [-0.39, 0.29) is 17.5 Å². The zero-order valence-corrected chi connectivity index (χ0v) is 9.66. The van der Waals surface area contributed by atoms with Crippen LogP contribution in [0, 0.1) is 23.0 Å². The van der Waals surface area contributed by atoms with Crippen LogP contribution in [0.25, 0.3) is 0 Å². The topological polar surface area (TPSA) is 64.2 Å². The summed E-state index contributed by atoms with van der Waals surface area (Å²) < 4.78 is 25.9. The van der Waals surface area contributed by atoms with E-state index in [0.717, 1.165) is 6.07 Å². The molecule has 2 unspecified atom stereocenters. The molecule has 0 fully saturated rings. The van der Waals surface area contributed by atoms with Crippen molar-refractivity contribution in [2.45, 2.75) is 18.6 Å². The van der Waals surface area contributed by atoms with Crippen molar-refractivity contribution in [1.82, 2.24) is 0 Å². The molecule has 0 bridgehead atoms. The Balaban J connectivity index is 3.13. The molecule has 0 aliphatic carbocycles. The minimum Gasteiger partial charge on any atom is -0.390 e. The fourth-order valence-electron chi connectivity index (χ4n) is 1.40. The summed E-state index contributed by atoms with van der Waals surface area (Å²) in [7, 11) is 0. The predicted octanol–water partition coefficient (Wildman–Crippen LogP) is 1.55. The third-order valence-corrected chi connectivity index (χ3v) is 2.58. The average molecular weight is 259 g/mol. The van der Waals surface area contributed by atoms with Crippen LogP contribution in [0.1, 0.15) is 23.7 Å². The van der Waals surface area contributed by atoms with E-state index >= 15 is 0 Å². The number of rotatable bonds is 4. The lowest BCUT2D eigenvalue weighted by molar-refractivity contribution is 0.0168. The van der Waals surface area contributed by atoms with Crippen molar-refractivity contribution < 1.29 is 19.0 Å². The van der Waals surface area contributed by atoms with E-state index in [2.05, 4.69) is 12.6 Å². The molecule has 0 radical (unpaired) electrons. The number of halogens is 2. The highest BCUT2D eigenvalue weighted by Gasteiger charge is 2.22. The van der Waals surface area contributed by atoms with Crippen molar-refractivity contribution in [3.05, 3.63) is 34.9 Å². The molecule has 92 valence electrons. The summed E-state index contributed by atoms with van der Waals surface area (Å²) in [6.45, 7) is 0. The fourth-order valence-corrected chi connectivity index (χ4v) is 1.67. The molecule has 6 heteroatoms. The molecule has 1 rings (SSSR count). The zero-order valence-electron chi connectivity index (χ0n) is 8.77. The Bertz CT molecular complexity index is 448. The number of benzene rings is 1. The van der Waals surface area contributed by atoms with Gasteiger partial charge in [0.1, 0.15) is 6.10 Å². The lowest BCUT2D eigenvalue weighted by atomic mass is 9.97. The monoisotopic (exact) mass is 259 g/mol. The van der Waals surface area contributed by atoms with E-state index in [1.54, 1.807) is 6.07 Å². The SMILES string of the molecule is N#Cc1cc(F)c(F)cc1C(O)C(O)CCS. The molecule has 0 heterocycles. The summed E-state index contributed by atoms with van der Waals surface area (Å²) in [5, 5.41) is 28.0. The second kappa shape index (κ2) is 5.96. The number of thiol groups is 1. The molecule has 0 spiro atoms. The lowest BCUT2D eigenvalue weighted by Crippen LogP contribution is -2.20. The third kappa shape index (κ3) is 3.16. The summed E-state index contributed by atoms with van der Waals surface area (Å²) in [4.78, 5) is 0. The maximum Gasteiger partial charge on any atom is 0.160 e. The molecular formula is C11H11F2NO2S. The van der Waals surface area contributed by atoms with E-state index in [1.165, 1.54) is 0 Å². The van der Waals surface area contributed by atoms with Crippen molar-refractivity contribution in [1.29, 1.82) is 5.26 Å². The maximum absolute atomic E-state index is 13.0. The Hall–Kier alpha value is -1.16. The van der Waals surface area contributed by atoms with Gasteiger partial charge < -0.3 is 10.2 Å². The molecule has 1 aromatic rings. The van der Waals surface area contributed by atoms with E-state index in [4.69, 9.17) is 5.26 Å². The van der Waals surface area contributed by atoms with Gasteiger partial charge in [0.05, 0.1) is 17.7 Å². The van der Waals surface area contributed by atoms with Gasteiger partial charge in [-0.15, -0.1) is 0 Å². The Morgan fingerprint density at radius 2 is 1.88 bits per heavy atom. The Morgan fingerprint density at radius 3 is 2.41 bits per heavy atom. The van der Waals surface area contributed by atoms with Gasteiger partial charge in [0, 0.05) is 5.56 Å². The second-order valence-corrected chi connectivity index (χ2v) is 3.94. The molecule has 17 heavy (non-hydrogen) atoms. The highest BCUT2D eigenvalue weighted by atomic mass is 32.1. The van der Waals surface area contributed by atoms with Gasteiger partial charge in [0.15, 0.2) is 11.6 Å². The Labute approximate surface area is 103 Å². The molecule has 0 amide bonds. The summed E-state index contributed by atoms with van der Waals surface area (Å²) in [5.41, 5.74) is -0.324. The summed E-state index contributed by atoms with van der Waals surface area (Å²) >= 11 is 3.88. The highest BCUT2D eigenvalue weighted by Crippen LogP contribution is 2.25. The van der Waals surface area contributed by atoms with Crippen LogP contribution in [0.4, 0.5) is 8.78 Å². The van der Waals surface area contributed by atoms with Gasteiger partial charge >= 0.3 is 0 Å². The van der Waals surface area contributed by atoms with Crippen LogP contribution in [0.5, 0.6) is 0 Å². The molecule has 0 aliphatic heterocycles. The highest BCUT2D eigenvalue weighted by molar-refractivity contribution is 7.80. The first-order valence-corrected chi connectivity index (χ1v) is 5.50. The molecule has 2 atom stereocenters. The van der Waals surface area contributed by atoms with Gasteiger partial charge in [-0.3, -0.25) is 0 Å². The number of hydrogen-bond acceptors (Lipinski definition) is 4. The summed E-state index contributed by atoms with van der Waals surface area (Å²) in [5.74, 6) is -2.01. The predicted molar refractivity (Wildman–Crippen MR) is 60.5 cm³/mol. The van der Waals surface area contributed by atoms with Gasteiger partial charge in [-0.2, -0.15) is 17.9 Å². The van der Waals surface area contributed by atoms with Crippen LogP contribution < -0.4 is 0 Å². The first-order valence-electron chi connectivity index (χ1n) is 4.87. The van der Waals surface area contributed by atoms with Gasteiger partial charge in [-0.1, -0.05) is 0 Å². The standard InChI is InChI=1S/C11H11F2NO2S/c12-8-3-6(5-14)7(4-9(8)13)11(16)10(15)1-2-17/h3-4,10-11,15-17H,1-2H2. The molecule has 3 nitrogen and oxygen atoms in total. The van der Waals surface area contributed by atoms with Crippen LogP contribution >= 0.6 is 12.6 Å². The molecular weight excluding hydrogens is 248 g/mol. The quantitative estimate of drug-likeness (QED) is 0.719. The van der Waals surface area contributed by atoms with Crippen LogP contribution in [0.2, 0.25) is 0 Å². The van der Waals surface area contributed by atoms with E-state index in [0.29, 0.717) is 11.8 Å². The Morgan fingerprint density at radius 1 is 1.29 bits per heavy atom. The number of nitrogens with zero attached hydrogens (tertiary/aromatic N) is 1. The van der Waals surface area contributed by atoms with Crippen molar-refractivity contribution in [3.8, 4) is 6.07 Å². The largest absolute Gasteiger partial charge is 0.390 e. The number of hydrogen-bond donors (Lipinski definition) is 3. The number of aliphatic hydroxyl groups excluding tert-OH is 2. The van der Waals surface area contributed by atoms with Crippen molar-refractivity contribution in [3.63, 3.8) is 0 Å². The molecule has 2 N–H and O–H groups in total. The van der Waals surface area contributed by atoms with Crippen molar-refractivity contribution in [2.24, 2.45) is 0 Å². The Kier molecular flexibility index (Phi) is 4.87. The second-order valence-electron chi connectivity index (χ2n) is 3.49. The van der Waals surface area contributed by atoms with E-state index < -0.39 is 23.8 Å². The van der Waals surface area contributed by atoms with Crippen LogP contribution in [-0.2, 0) is 0 Å². The molecule has 0 aromatic heterocycles. The smallest absolute Gasteiger partial charge is 0.160 e. The number of nitriles is 1. The molecule has 1 aromatic carbocycles. The van der Waals surface area contributed by atoms with Crippen molar-refractivity contribution in [2.75, 3.05) is 5.75 Å².